The molecule has 0 bridgehead atoms. The molecule has 26 heavy (non-hydrogen) atoms. The van der Waals surface area contributed by atoms with Gasteiger partial charge in [-0.2, -0.15) is 0 Å². The van der Waals surface area contributed by atoms with Gasteiger partial charge in [0.05, 0.1) is 0 Å². The number of nitrogens with one attached hydrogen (secondary N) is 2. The maximum atomic E-state index is 13.1. The van der Waals surface area contributed by atoms with Crippen molar-refractivity contribution in [1.29, 1.82) is 0 Å². The lowest BCUT2D eigenvalue weighted by Gasteiger charge is -2.17. The van der Waals surface area contributed by atoms with Gasteiger partial charge in [0.1, 0.15) is 11.6 Å². The van der Waals surface area contributed by atoms with E-state index in [1.54, 1.807) is 30.3 Å². The van der Waals surface area contributed by atoms with E-state index in [2.05, 4.69) is 10.6 Å². The second-order valence-electron chi connectivity index (χ2n) is 5.10. The van der Waals surface area contributed by atoms with Crippen molar-refractivity contribution in [3.63, 3.8) is 0 Å². The van der Waals surface area contributed by atoms with Gasteiger partial charge in [-0.25, -0.2) is 14.0 Å². The van der Waals surface area contributed by atoms with Crippen molar-refractivity contribution in [3.05, 3.63) is 66.0 Å². The summed E-state index contributed by atoms with van der Waals surface area (Å²) in [6.45, 7) is -0.528. The van der Waals surface area contributed by atoms with Crippen LogP contribution < -0.4 is 15.4 Å². The third-order valence-electron chi connectivity index (χ3n) is 3.21. The molecule has 2 aromatic rings. The molecule has 0 aliphatic heterocycles. The van der Waals surface area contributed by atoms with Crippen LogP contribution in [0.4, 0.5) is 9.18 Å². The molecule has 0 unspecified atom stereocenters. The molecule has 136 valence electrons. The number of hydrogen-bond acceptors (Lipinski definition) is 5. The van der Waals surface area contributed by atoms with Gasteiger partial charge in [0.15, 0.2) is 6.61 Å². The molecule has 0 aliphatic rings. The predicted octanol–water partition coefficient (Wildman–Crippen LogP) is 1.94. The van der Waals surface area contributed by atoms with Crippen LogP contribution in [0.15, 0.2) is 54.6 Å². The van der Waals surface area contributed by atoms with Gasteiger partial charge in [-0.3, -0.25) is 10.1 Å². The van der Waals surface area contributed by atoms with Crippen molar-refractivity contribution in [1.82, 2.24) is 10.6 Å². The Labute approximate surface area is 149 Å². The summed E-state index contributed by atoms with van der Waals surface area (Å²) in [7, 11) is 1.35. The van der Waals surface area contributed by atoms with E-state index in [9.17, 15) is 18.8 Å². The number of benzene rings is 2. The minimum atomic E-state index is -1.34. The lowest BCUT2D eigenvalue weighted by Crippen LogP contribution is -2.41. The monoisotopic (exact) mass is 360 g/mol. The summed E-state index contributed by atoms with van der Waals surface area (Å²) in [4.78, 5) is 35.6. The molecule has 1 atom stereocenters. The second-order valence-corrected chi connectivity index (χ2v) is 5.10. The Balaban J connectivity index is 2.04. The fourth-order valence-electron chi connectivity index (χ4n) is 2.01. The van der Waals surface area contributed by atoms with Gasteiger partial charge in [0, 0.05) is 18.7 Å². The van der Waals surface area contributed by atoms with E-state index >= 15 is 0 Å². The summed E-state index contributed by atoms with van der Waals surface area (Å²) in [5, 5.41) is 4.29. The number of esters is 1. The molecule has 0 saturated carbocycles. The maximum Gasteiger partial charge on any atom is 0.345 e. The summed E-state index contributed by atoms with van der Waals surface area (Å²) < 4.78 is 23.4. The lowest BCUT2D eigenvalue weighted by molar-refractivity contribution is -0.158. The molecule has 0 fully saturated rings. The molecule has 0 aliphatic carbocycles. The van der Waals surface area contributed by atoms with Gasteiger partial charge < -0.3 is 14.8 Å². The van der Waals surface area contributed by atoms with Crippen LogP contribution >= 0.6 is 0 Å². The topological polar surface area (TPSA) is 93.7 Å². The fraction of sp³-hybridized carbons (Fsp3) is 0.167. The number of carbonyl (C=O) groups excluding carboxylic acids is 3. The highest BCUT2D eigenvalue weighted by molar-refractivity contribution is 5.97. The van der Waals surface area contributed by atoms with Crippen molar-refractivity contribution in [2.45, 2.75) is 6.10 Å². The number of ether oxygens (including phenoxy) is 2. The Hall–Kier alpha value is -3.42. The average Bonchev–Trinajstić information content (AvgIpc) is 2.65. The van der Waals surface area contributed by atoms with E-state index < -0.39 is 36.4 Å². The van der Waals surface area contributed by atoms with Crippen molar-refractivity contribution >= 4 is 17.9 Å². The molecule has 2 N–H and O–H groups in total. The number of halogens is 1. The Kier molecular flexibility index (Phi) is 6.67. The predicted molar refractivity (Wildman–Crippen MR) is 89.8 cm³/mol. The van der Waals surface area contributed by atoms with Crippen LogP contribution in [-0.4, -0.2) is 31.6 Å². The highest BCUT2D eigenvalue weighted by Crippen LogP contribution is 2.18. The number of urea groups is 1. The first-order valence-electron chi connectivity index (χ1n) is 7.65. The first-order chi connectivity index (χ1) is 12.5. The first kappa shape index (κ1) is 18.9. The normalized spacial score (nSPS) is 11.2. The van der Waals surface area contributed by atoms with Gasteiger partial charge >= 0.3 is 12.0 Å². The van der Waals surface area contributed by atoms with Crippen molar-refractivity contribution < 1.29 is 28.2 Å². The summed E-state index contributed by atoms with van der Waals surface area (Å²) in [5.74, 6) is -2.03. The Bertz CT molecular complexity index is 782. The van der Waals surface area contributed by atoms with E-state index in [1.807, 2.05) is 0 Å². The van der Waals surface area contributed by atoms with Crippen molar-refractivity contribution in [2.75, 3.05) is 13.7 Å². The first-order valence-corrected chi connectivity index (χ1v) is 7.65. The van der Waals surface area contributed by atoms with Crippen LogP contribution in [-0.2, 0) is 14.3 Å². The maximum absolute atomic E-state index is 13.1. The van der Waals surface area contributed by atoms with Gasteiger partial charge in [-0.05, 0) is 12.1 Å². The second kappa shape index (κ2) is 9.16. The van der Waals surface area contributed by atoms with E-state index in [1.165, 1.54) is 25.2 Å². The van der Waals surface area contributed by atoms with Crippen LogP contribution in [0.1, 0.15) is 11.7 Å². The molecular weight excluding hydrogens is 343 g/mol. The van der Waals surface area contributed by atoms with Crippen LogP contribution in [0.3, 0.4) is 0 Å². The number of amides is 3. The van der Waals surface area contributed by atoms with Gasteiger partial charge in [-0.15, -0.1) is 0 Å². The number of carbonyl (C=O) groups is 3. The summed E-state index contributed by atoms with van der Waals surface area (Å²) in [6.07, 6.45) is -1.34. The van der Waals surface area contributed by atoms with Crippen molar-refractivity contribution in [3.8, 4) is 5.75 Å². The summed E-state index contributed by atoms with van der Waals surface area (Å²) >= 11 is 0. The average molecular weight is 360 g/mol. The van der Waals surface area contributed by atoms with E-state index in [0.717, 1.165) is 6.07 Å². The quantitative estimate of drug-likeness (QED) is 0.768. The third kappa shape index (κ3) is 5.59. The zero-order chi connectivity index (χ0) is 18.9. The van der Waals surface area contributed by atoms with Crippen LogP contribution in [0.25, 0.3) is 0 Å². The lowest BCUT2D eigenvalue weighted by atomic mass is 10.1. The highest BCUT2D eigenvalue weighted by atomic mass is 19.1. The van der Waals surface area contributed by atoms with Crippen LogP contribution in [0.2, 0.25) is 0 Å². The molecule has 0 heterocycles. The third-order valence-corrected chi connectivity index (χ3v) is 3.21. The standard InChI is InChI=1S/C18H17FN2O5/c1-20-18(24)21-17(23)16(12-6-3-2-4-7-12)26-15(22)11-25-14-9-5-8-13(19)10-14/h2-10,16H,11H2,1H3,(H2,20,21,23,24)/t16-/m0/s1. The number of rotatable bonds is 6. The minimum Gasteiger partial charge on any atom is -0.482 e. The van der Waals surface area contributed by atoms with Gasteiger partial charge in [0.2, 0.25) is 6.10 Å². The molecule has 0 aromatic heterocycles. The Morgan fingerprint density at radius 1 is 1.08 bits per heavy atom. The Morgan fingerprint density at radius 3 is 2.46 bits per heavy atom. The zero-order valence-electron chi connectivity index (χ0n) is 13.9. The SMILES string of the molecule is CNC(=O)NC(=O)[C@@H](OC(=O)COc1cccc(F)c1)c1ccccc1. The minimum absolute atomic E-state index is 0.146. The smallest absolute Gasteiger partial charge is 0.345 e. The van der Waals surface area contributed by atoms with Gasteiger partial charge in [0.25, 0.3) is 5.91 Å². The van der Waals surface area contributed by atoms with Crippen LogP contribution in [0.5, 0.6) is 5.75 Å². The highest BCUT2D eigenvalue weighted by Gasteiger charge is 2.26. The zero-order valence-corrected chi connectivity index (χ0v) is 13.9. The van der Waals surface area contributed by atoms with E-state index in [0.29, 0.717) is 5.56 Å². The van der Waals surface area contributed by atoms with E-state index in [4.69, 9.17) is 9.47 Å². The fourth-order valence-corrected chi connectivity index (χ4v) is 2.01. The molecule has 0 saturated heterocycles. The largest absolute Gasteiger partial charge is 0.482 e. The summed E-state index contributed by atoms with van der Waals surface area (Å²) in [6, 6.07) is 12.7. The summed E-state index contributed by atoms with van der Waals surface area (Å²) in [5.41, 5.74) is 0.382. The van der Waals surface area contributed by atoms with Gasteiger partial charge in [-0.1, -0.05) is 36.4 Å². The molecule has 2 rings (SSSR count). The number of hydrogen-bond donors (Lipinski definition) is 2. The van der Waals surface area contributed by atoms with Crippen molar-refractivity contribution in [2.24, 2.45) is 0 Å². The van der Waals surface area contributed by atoms with Crippen LogP contribution in [0, 0.1) is 5.82 Å². The Morgan fingerprint density at radius 2 is 1.81 bits per heavy atom. The molecule has 0 spiro atoms. The molecule has 8 heteroatoms. The number of imide groups is 1. The molecular formula is C18H17FN2O5. The molecule has 0 radical (unpaired) electrons. The van der Waals surface area contributed by atoms with E-state index in [-0.39, 0.29) is 5.75 Å². The molecule has 7 nitrogen and oxygen atoms in total. The molecule has 2 aromatic carbocycles. The molecule has 3 amide bonds.